The van der Waals surface area contributed by atoms with Crippen molar-refractivity contribution in [2.24, 2.45) is 5.73 Å². The quantitative estimate of drug-likeness (QED) is 0.778. The molecule has 0 fully saturated rings. The number of nitrogens with two attached hydrogens (primary N) is 1. The molecule has 0 aliphatic heterocycles. The van der Waals surface area contributed by atoms with Crippen molar-refractivity contribution < 1.29 is 14.7 Å². The molecule has 1 amide bonds. The topological polar surface area (TPSA) is 83.6 Å². The summed E-state index contributed by atoms with van der Waals surface area (Å²) in [5.41, 5.74) is 5.30. The molecule has 0 aromatic carbocycles. The number of hydrogen-bond acceptors (Lipinski definition) is 4. The molecule has 0 spiro atoms. The van der Waals surface area contributed by atoms with Crippen molar-refractivity contribution in [1.29, 1.82) is 0 Å². The monoisotopic (exact) mass is 256 g/mol. The van der Waals surface area contributed by atoms with Gasteiger partial charge in [0.05, 0.1) is 6.42 Å². The number of carbonyl (C=O) groups excluding carboxylic acids is 1. The zero-order chi connectivity index (χ0) is 12.8. The molecule has 0 aliphatic carbocycles. The highest BCUT2D eigenvalue weighted by Crippen LogP contribution is 2.09. The van der Waals surface area contributed by atoms with Crippen molar-refractivity contribution in [3.63, 3.8) is 0 Å². The number of carboxylic acid groups (broad SMARTS) is 1. The largest absolute Gasteiger partial charge is 0.480 e. The lowest BCUT2D eigenvalue weighted by molar-refractivity contribution is -0.142. The van der Waals surface area contributed by atoms with Crippen molar-refractivity contribution in [3.8, 4) is 0 Å². The Morgan fingerprint density at radius 1 is 1.59 bits per heavy atom. The van der Waals surface area contributed by atoms with E-state index in [4.69, 9.17) is 10.8 Å². The van der Waals surface area contributed by atoms with Crippen molar-refractivity contribution in [2.75, 3.05) is 13.6 Å². The van der Waals surface area contributed by atoms with Gasteiger partial charge in [0.15, 0.2) is 0 Å². The fourth-order valence-corrected chi connectivity index (χ4v) is 1.99. The molecule has 5 nitrogen and oxygen atoms in total. The summed E-state index contributed by atoms with van der Waals surface area (Å²) in [6.45, 7) is 0.575. The second kappa shape index (κ2) is 6.36. The summed E-state index contributed by atoms with van der Waals surface area (Å²) in [4.78, 5) is 24.8. The van der Waals surface area contributed by atoms with E-state index in [2.05, 4.69) is 0 Å². The second-order valence-electron chi connectivity index (χ2n) is 3.79. The van der Waals surface area contributed by atoms with Gasteiger partial charge in [-0.25, -0.2) is 0 Å². The number of thiophene rings is 1. The highest BCUT2D eigenvalue weighted by Gasteiger charge is 2.18. The van der Waals surface area contributed by atoms with Crippen LogP contribution in [-0.4, -0.2) is 41.5 Å². The molecule has 0 saturated heterocycles. The van der Waals surface area contributed by atoms with Gasteiger partial charge in [-0.05, 0) is 17.9 Å². The van der Waals surface area contributed by atoms with E-state index in [0.29, 0.717) is 6.54 Å². The minimum atomic E-state index is -1.15. The van der Waals surface area contributed by atoms with Crippen LogP contribution in [0.5, 0.6) is 0 Å². The van der Waals surface area contributed by atoms with E-state index in [9.17, 15) is 9.59 Å². The molecule has 0 bridgehead atoms. The summed E-state index contributed by atoms with van der Waals surface area (Å²) >= 11 is 1.64. The van der Waals surface area contributed by atoms with Gasteiger partial charge in [-0.2, -0.15) is 0 Å². The molecule has 0 aliphatic rings. The van der Waals surface area contributed by atoms with E-state index in [1.54, 1.807) is 18.4 Å². The summed E-state index contributed by atoms with van der Waals surface area (Å²) in [7, 11) is 1.66. The standard InChI is InChI=1S/C11H16N2O3S/c1-13(5-4-8-3-2-6-17-8)10(14)7-9(12)11(15)16/h2-3,6,9H,4-5,7,12H2,1H3,(H,15,16). The Labute approximate surface area is 104 Å². The third kappa shape index (κ3) is 4.54. The lowest BCUT2D eigenvalue weighted by atomic mass is 10.2. The molecule has 1 unspecified atom stereocenters. The Balaban J connectivity index is 2.34. The summed E-state index contributed by atoms with van der Waals surface area (Å²) < 4.78 is 0. The zero-order valence-electron chi connectivity index (χ0n) is 9.63. The van der Waals surface area contributed by atoms with E-state index in [1.165, 1.54) is 9.78 Å². The average molecular weight is 256 g/mol. The van der Waals surface area contributed by atoms with E-state index < -0.39 is 12.0 Å². The van der Waals surface area contributed by atoms with Crippen LogP contribution in [-0.2, 0) is 16.0 Å². The number of rotatable bonds is 6. The molecule has 17 heavy (non-hydrogen) atoms. The van der Waals surface area contributed by atoms with Crippen molar-refractivity contribution in [2.45, 2.75) is 18.9 Å². The summed E-state index contributed by atoms with van der Waals surface area (Å²) in [6.07, 6.45) is 0.624. The average Bonchev–Trinajstić information content (AvgIpc) is 2.78. The number of carbonyl (C=O) groups is 2. The van der Waals surface area contributed by atoms with Gasteiger partial charge in [-0.15, -0.1) is 11.3 Å². The summed E-state index contributed by atoms with van der Waals surface area (Å²) in [5, 5.41) is 10.6. The fourth-order valence-electron chi connectivity index (χ4n) is 1.29. The Morgan fingerprint density at radius 3 is 2.82 bits per heavy atom. The first-order valence-electron chi connectivity index (χ1n) is 5.25. The molecule has 1 rings (SSSR count). The van der Waals surface area contributed by atoms with Gasteiger partial charge in [-0.1, -0.05) is 6.07 Å². The molecule has 1 atom stereocenters. The molecule has 1 heterocycles. The molecular weight excluding hydrogens is 240 g/mol. The fraction of sp³-hybridized carbons (Fsp3) is 0.455. The first-order valence-corrected chi connectivity index (χ1v) is 6.13. The van der Waals surface area contributed by atoms with E-state index in [1.807, 2.05) is 17.5 Å². The first kappa shape index (κ1) is 13.7. The van der Waals surface area contributed by atoms with Gasteiger partial charge in [0.25, 0.3) is 0 Å². The SMILES string of the molecule is CN(CCc1cccs1)C(=O)CC(N)C(=O)O. The normalized spacial score (nSPS) is 12.1. The molecule has 94 valence electrons. The third-order valence-electron chi connectivity index (χ3n) is 2.41. The van der Waals surface area contributed by atoms with Crippen LogP contribution >= 0.6 is 11.3 Å². The highest BCUT2D eigenvalue weighted by atomic mass is 32.1. The Morgan fingerprint density at radius 2 is 2.29 bits per heavy atom. The highest BCUT2D eigenvalue weighted by molar-refractivity contribution is 7.09. The minimum absolute atomic E-state index is 0.156. The van der Waals surface area contributed by atoms with Crippen LogP contribution in [0.3, 0.4) is 0 Å². The molecular formula is C11H16N2O3S. The Hall–Kier alpha value is -1.40. The Bertz CT molecular complexity index is 378. The van der Waals surface area contributed by atoms with Gasteiger partial charge >= 0.3 is 5.97 Å². The lowest BCUT2D eigenvalue weighted by Crippen LogP contribution is -2.38. The number of likely N-dealkylation sites (N-methyl/N-ethyl adjacent to an activating group) is 1. The smallest absolute Gasteiger partial charge is 0.321 e. The number of hydrogen-bond donors (Lipinski definition) is 2. The number of amides is 1. The molecule has 0 radical (unpaired) electrons. The van der Waals surface area contributed by atoms with Crippen molar-refractivity contribution in [1.82, 2.24) is 4.90 Å². The van der Waals surface area contributed by atoms with Gasteiger partial charge in [0, 0.05) is 18.5 Å². The summed E-state index contributed by atoms with van der Waals surface area (Å²) in [5.74, 6) is -1.39. The molecule has 1 aromatic heterocycles. The number of aliphatic carboxylic acids is 1. The van der Waals surface area contributed by atoms with Gasteiger partial charge in [-0.3, -0.25) is 9.59 Å². The predicted octanol–water partition coefficient (Wildman–Crippen LogP) is 0.551. The van der Waals surface area contributed by atoms with E-state index in [0.717, 1.165) is 6.42 Å². The number of nitrogens with zero attached hydrogens (tertiary/aromatic N) is 1. The predicted molar refractivity (Wildman–Crippen MR) is 65.9 cm³/mol. The number of carboxylic acids is 1. The van der Waals surface area contributed by atoms with E-state index in [-0.39, 0.29) is 12.3 Å². The van der Waals surface area contributed by atoms with E-state index >= 15 is 0 Å². The molecule has 1 aromatic rings. The first-order chi connectivity index (χ1) is 8.00. The third-order valence-corrected chi connectivity index (χ3v) is 3.35. The van der Waals surface area contributed by atoms with Gasteiger partial charge in [0.1, 0.15) is 6.04 Å². The maximum absolute atomic E-state index is 11.6. The van der Waals surface area contributed by atoms with Crippen molar-refractivity contribution >= 4 is 23.2 Å². The van der Waals surface area contributed by atoms with Crippen LogP contribution in [0.1, 0.15) is 11.3 Å². The summed E-state index contributed by atoms with van der Waals surface area (Å²) in [6, 6.07) is 2.85. The van der Waals surface area contributed by atoms with Gasteiger partial charge in [0.2, 0.25) is 5.91 Å². The zero-order valence-corrected chi connectivity index (χ0v) is 10.4. The van der Waals surface area contributed by atoms with Crippen LogP contribution in [0.15, 0.2) is 17.5 Å². The van der Waals surface area contributed by atoms with Gasteiger partial charge < -0.3 is 15.7 Å². The van der Waals surface area contributed by atoms with Crippen LogP contribution in [0.25, 0.3) is 0 Å². The van der Waals surface area contributed by atoms with Crippen LogP contribution < -0.4 is 5.73 Å². The molecule has 3 N–H and O–H groups in total. The molecule has 6 heteroatoms. The maximum atomic E-state index is 11.6. The second-order valence-corrected chi connectivity index (χ2v) is 4.83. The Kier molecular flexibility index (Phi) is 5.11. The van der Waals surface area contributed by atoms with Crippen molar-refractivity contribution in [3.05, 3.63) is 22.4 Å². The minimum Gasteiger partial charge on any atom is -0.480 e. The van der Waals surface area contributed by atoms with Crippen LogP contribution in [0.4, 0.5) is 0 Å². The lowest BCUT2D eigenvalue weighted by Gasteiger charge is -2.17. The maximum Gasteiger partial charge on any atom is 0.321 e. The van der Waals surface area contributed by atoms with Crippen LogP contribution in [0.2, 0.25) is 0 Å². The van der Waals surface area contributed by atoms with Crippen LogP contribution in [0, 0.1) is 0 Å². The molecule has 0 saturated carbocycles.